The Hall–Kier alpha value is -1.81. The van der Waals surface area contributed by atoms with Gasteiger partial charge in [0.1, 0.15) is 5.75 Å². The molecule has 0 amide bonds. The fraction of sp³-hybridized carbons (Fsp3) is 0.500. The molecule has 2 aromatic rings. The van der Waals surface area contributed by atoms with E-state index in [1.165, 1.54) is 19.3 Å². The average molecular weight is 300 g/mol. The minimum Gasteiger partial charge on any atom is -0.494 e. The first-order chi connectivity index (χ1) is 10.7. The van der Waals surface area contributed by atoms with E-state index in [9.17, 15) is 4.79 Å². The van der Waals surface area contributed by atoms with Crippen LogP contribution in [0.4, 0.5) is 0 Å². The van der Waals surface area contributed by atoms with Crippen LogP contribution in [0.15, 0.2) is 29.1 Å². The van der Waals surface area contributed by atoms with Crippen molar-refractivity contribution in [2.75, 3.05) is 13.2 Å². The van der Waals surface area contributed by atoms with Crippen LogP contribution in [0, 0.1) is 0 Å². The smallest absolute Gasteiger partial charge is 0.252 e. The van der Waals surface area contributed by atoms with Crippen LogP contribution in [-0.4, -0.2) is 29.1 Å². The summed E-state index contributed by atoms with van der Waals surface area (Å²) < 4.78 is 5.55. The molecule has 0 saturated carbocycles. The molecule has 0 aliphatic carbocycles. The lowest BCUT2D eigenvalue weighted by Gasteiger charge is -2.33. The topological polar surface area (TPSA) is 45.3 Å². The lowest BCUT2D eigenvalue weighted by atomic mass is 10.0. The summed E-state index contributed by atoms with van der Waals surface area (Å²) in [5, 5.41) is 1.03. The monoisotopic (exact) mass is 300 g/mol. The van der Waals surface area contributed by atoms with Gasteiger partial charge in [-0.3, -0.25) is 9.69 Å². The molecule has 1 aliphatic rings. The summed E-state index contributed by atoms with van der Waals surface area (Å²) in [6.07, 6.45) is 3.74. The van der Waals surface area contributed by atoms with Gasteiger partial charge in [-0.25, -0.2) is 0 Å². The van der Waals surface area contributed by atoms with Crippen molar-refractivity contribution in [3.8, 4) is 5.75 Å². The molecular weight excluding hydrogens is 276 g/mol. The van der Waals surface area contributed by atoms with Crippen molar-refractivity contribution in [2.45, 2.75) is 45.7 Å². The van der Waals surface area contributed by atoms with E-state index in [0.717, 1.165) is 35.3 Å². The second kappa shape index (κ2) is 6.53. The van der Waals surface area contributed by atoms with Crippen LogP contribution >= 0.6 is 0 Å². The Morgan fingerprint density at radius 2 is 2.18 bits per heavy atom. The number of nitrogens with zero attached hydrogens (tertiary/aromatic N) is 1. The highest BCUT2D eigenvalue weighted by Crippen LogP contribution is 2.22. The van der Waals surface area contributed by atoms with Crippen LogP contribution in [0.25, 0.3) is 10.9 Å². The van der Waals surface area contributed by atoms with Gasteiger partial charge in [0.25, 0.3) is 5.56 Å². The predicted octanol–water partition coefficient (Wildman–Crippen LogP) is 3.30. The first-order valence-electron chi connectivity index (χ1n) is 8.20. The van der Waals surface area contributed by atoms with Crippen molar-refractivity contribution in [2.24, 2.45) is 0 Å². The predicted molar refractivity (Wildman–Crippen MR) is 89.5 cm³/mol. The second-order valence-electron chi connectivity index (χ2n) is 6.12. The average Bonchev–Trinajstić information content (AvgIpc) is 2.51. The van der Waals surface area contributed by atoms with Crippen LogP contribution < -0.4 is 10.3 Å². The zero-order valence-electron chi connectivity index (χ0n) is 13.4. The highest BCUT2D eigenvalue weighted by Gasteiger charge is 2.19. The number of benzene rings is 1. The molecule has 2 heterocycles. The summed E-state index contributed by atoms with van der Waals surface area (Å²) in [5.41, 5.74) is 1.73. The van der Waals surface area contributed by atoms with Crippen LogP contribution in [0.3, 0.4) is 0 Å². The number of piperidine rings is 1. The number of H-pyrrole nitrogens is 1. The molecule has 0 unspecified atom stereocenters. The minimum atomic E-state index is 0.0226. The van der Waals surface area contributed by atoms with Crippen molar-refractivity contribution in [1.82, 2.24) is 9.88 Å². The molecule has 0 radical (unpaired) electrons. The maximum absolute atomic E-state index is 12.3. The number of fused-ring (bicyclic) bond motifs is 1. The number of ether oxygens (including phenoxy) is 1. The van der Waals surface area contributed by atoms with Gasteiger partial charge in [-0.15, -0.1) is 0 Å². The fourth-order valence-corrected chi connectivity index (χ4v) is 3.22. The number of aromatic nitrogens is 1. The molecule has 22 heavy (non-hydrogen) atoms. The molecule has 1 N–H and O–H groups in total. The third-order valence-electron chi connectivity index (χ3n) is 4.52. The maximum atomic E-state index is 12.3. The quantitative estimate of drug-likeness (QED) is 0.942. The lowest BCUT2D eigenvalue weighted by Crippen LogP contribution is -2.38. The Kier molecular flexibility index (Phi) is 4.48. The zero-order chi connectivity index (χ0) is 15.5. The molecule has 4 nitrogen and oxygen atoms in total. The van der Waals surface area contributed by atoms with Crippen molar-refractivity contribution in [1.29, 1.82) is 0 Å². The molecule has 4 heteroatoms. The minimum absolute atomic E-state index is 0.0226. The second-order valence-corrected chi connectivity index (χ2v) is 6.12. The van der Waals surface area contributed by atoms with Crippen LogP contribution in [0.2, 0.25) is 0 Å². The van der Waals surface area contributed by atoms with Crippen molar-refractivity contribution >= 4 is 10.9 Å². The first-order valence-corrected chi connectivity index (χ1v) is 8.20. The summed E-state index contributed by atoms with van der Waals surface area (Å²) in [6, 6.07) is 8.37. The number of hydrogen-bond donors (Lipinski definition) is 1. The van der Waals surface area contributed by atoms with E-state index < -0.39 is 0 Å². The Bertz CT molecular complexity index is 708. The molecule has 1 aliphatic heterocycles. The largest absolute Gasteiger partial charge is 0.494 e. The SMILES string of the molecule is CCOc1ccc2[nH]c(=O)c(CN3CCCC[C@@H]3C)cc2c1. The number of hydrogen-bond acceptors (Lipinski definition) is 3. The van der Waals surface area contributed by atoms with Gasteiger partial charge in [-0.05, 0) is 57.5 Å². The van der Waals surface area contributed by atoms with Gasteiger partial charge in [-0.1, -0.05) is 6.42 Å². The van der Waals surface area contributed by atoms with Gasteiger partial charge >= 0.3 is 0 Å². The van der Waals surface area contributed by atoms with E-state index in [-0.39, 0.29) is 5.56 Å². The van der Waals surface area contributed by atoms with Crippen molar-refractivity contribution in [3.63, 3.8) is 0 Å². The lowest BCUT2D eigenvalue weighted by molar-refractivity contribution is 0.152. The van der Waals surface area contributed by atoms with E-state index in [4.69, 9.17) is 4.74 Å². The molecule has 1 atom stereocenters. The van der Waals surface area contributed by atoms with E-state index in [2.05, 4.69) is 16.8 Å². The summed E-state index contributed by atoms with van der Waals surface area (Å²) in [7, 11) is 0. The molecule has 1 aromatic carbocycles. The van der Waals surface area contributed by atoms with Crippen LogP contribution in [-0.2, 0) is 6.54 Å². The van der Waals surface area contributed by atoms with Crippen molar-refractivity contribution < 1.29 is 4.74 Å². The van der Waals surface area contributed by atoms with Gasteiger partial charge < -0.3 is 9.72 Å². The summed E-state index contributed by atoms with van der Waals surface area (Å²) in [6.45, 7) is 6.68. The Labute approximate surface area is 131 Å². The van der Waals surface area contributed by atoms with Gasteiger partial charge in [0.15, 0.2) is 0 Å². The standard InChI is InChI=1S/C18H24N2O2/c1-3-22-16-7-8-17-14(11-16)10-15(18(21)19-17)12-20-9-5-4-6-13(20)2/h7-8,10-11,13H,3-6,9,12H2,1-2H3,(H,19,21)/t13-/m0/s1. The van der Waals surface area contributed by atoms with Crippen LogP contribution in [0.1, 0.15) is 38.7 Å². The molecule has 1 fully saturated rings. The number of likely N-dealkylation sites (tertiary alicyclic amines) is 1. The molecule has 0 bridgehead atoms. The van der Waals surface area contributed by atoms with Gasteiger partial charge in [0.2, 0.25) is 0 Å². The van der Waals surface area contributed by atoms with E-state index in [0.29, 0.717) is 12.6 Å². The molecule has 3 rings (SSSR count). The Morgan fingerprint density at radius 1 is 1.32 bits per heavy atom. The third kappa shape index (κ3) is 3.17. The zero-order valence-corrected chi connectivity index (χ0v) is 13.4. The van der Waals surface area contributed by atoms with E-state index >= 15 is 0 Å². The summed E-state index contributed by atoms with van der Waals surface area (Å²) in [4.78, 5) is 17.7. The molecule has 118 valence electrons. The molecular formula is C18H24N2O2. The number of nitrogens with one attached hydrogen (secondary N) is 1. The van der Waals surface area contributed by atoms with E-state index in [1.54, 1.807) is 0 Å². The number of aromatic amines is 1. The van der Waals surface area contributed by atoms with Gasteiger partial charge in [0.05, 0.1) is 6.61 Å². The van der Waals surface area contributed by atoms with Gasteiger partial charge in [0, 0.05) is 29.1 Å². The highest BCUT2D eigenvalue weighted by molar-refractivity contribution is 5.80. The maximum Gasteiger partial charge on any atom is 0.252 e. The van der Waals surface area contributed by atoms with E-state index in [1.807, 2.05) is 31.2 Å². The summed E-state index contributed by atoms with van der Waals surface area (Å²) >= 11 is 0. The van der Waals surface area contributed by atoms with Crippen molar-refractivity contribution in [3.05, 3.63) is 40.2 Å². The molecule has 0 spiro atoms. The molecule has 1 saturated heterocycles. The van der Waals surface area contributed by atoms with Crippen LogP contribution in [0.5, 0.6) is 5.75 Å². The Morgan fingerprint density at radius 3 is 2.95 bits per heavy atom. The first kappa shape index (κ1) is 15.1. The third-order valence-corrected chi connectivity index (χ3v) is 4.52. The Balaban J connectivity index is 1.91. The number of rotatable bonds is 4. The summed E-state index contributed by atoms with van der Waals surface area (Å²) in [5.74, 6) is 0.847. The molecule has 1 aromatic heterocycles. The highest BCUT2D eigenvalue weighted by atomic mass is 16.5. The normalized spacial score (nSPS) is 19.5. The number of pyridine rings is 1. The van der Waals surface area contributed by atoms with Gasteiger partial charge in [-0.2, -0.15) is 0 Å². The fourth-order valence-electron chi connectivity index (χ4n) is 3.22.